The first-order valence-electron chi connectivity index (χ1n) is 8.06. The van der Waals surface area contributed by atoms with Gasteiger partial charge in [-0.05, 0) is 65.1 Å². The van der Waals surface area contributed by atoms with Gasteiger partial charge in [-0.15, -0.1) is 10.2 Å². The molecular weight excluding hydrogens is 534 g/mol. The van der Waals surface area contributed by atoms with E-state index < -0.39 is 0 Å². The minimum atomic E-state index is -0.111. The molecule has 1 heterocycles. The molecule has 1 N–H and O–H groups in total. The van der Waals surface area contributed by atoms with Crippen molar-refractivity contribution in [3.05, 3.63) is 61.9 Å². The van der Waals surface area contributed by atoms with E-state index in [1.165, 1.54) is 11.8 Å². The lowest BCUT2D eigenvalue weighted by Crippen LogP contribution is -2.14. The van der Waals surface area contributed by atoms with Gasteiger partial charge in [0, 0.05) is 21.3 Å². The normalized spacial score (nSPS) is 10.7. The Hall–Kier alpha value is -1.49. The van der Waals surface area contributed by atoms with E-state index in [9.17, 15) is 4.79 Å². The molecule has 0 unspecified atom stereocenters. The van der Waals surface area contributed by atoms with Gasteiger partial charge in [0.1, 0.15) is 12.4 Å². The second-order valence-corrected chi connectivity index (χ2v) is 8.70. The van der Waals surface area contributed by atoms with Gasteiger partial charge >= 0.3 is 0 Å². The largest absolute Gasteiger partial charge is 0.484 e. The maximum Gasteiger partial charge on any atom is 0.234 e. The quantitative estimate of drug-likeness (QED) is 0.331. The fourth-order valence-electron chi connectivity index (χ4n) is 2.19. The molecule has 0 bridgehead atoms. The van der Waals surface area contributed by atoms with E-state index in [0.29, 0.717) is 26.8 Å². The van der Waals surface area contributed by atoms with Gasteiger partial charge in [0.25, 0.3) is 0 Å². The molecule has 1 aromatic heterocycles. The van der Waals surface area contributed by atoms with Gasteiger partial charge in [0.05, 0.1) is 10.8 Å². The van der Waals surface area contributed by atoms with E-state index in [0.717, 1.165) is 9.26 Å². The summed E-state index contributed by atoms with van der Waals surface area (Å²) in [5.41, 5.74) is 0.762. The summed E-state index contributed by atoms with van der Waals surface area (Å²) in [6.45, 7) is 0.195. The zero-order valence-electron chi connectivity index (χ0n) is 14.7. The van der Waals surface area contributed by atoms with Gasteiger partial charge < -0.3 is 14.6 Å². The second kappa shape index (κ2) is 9.82. The van der Waals surface area contributed by atoms with Crippen LogP contribution in [-0.4, -0.2) is 26.4 Å². The third kappa shape index (κ3) is 5.76. The van der Waals surface area contributed by atoms with Crippen molar-refractivity contribution in [3.63, 3.8) is 0 Å². The molecule has 0 aliphatic heterocycles. The smallest absolute Gasteiger partial charge is 0.234 e. The number of benzene rings is 2. The maximum atomic E-state index is 12.1. The van der Waals surface area contributed by atoms with Crippen molar-refractivity contribution in [1.82, 2.24) is 14.8 Å². The molecule has 10 heteroatoms. The van der Waals surface area contributed by atoms with Gasteiger partial charge in [-0.2, -0.15) is 0 Å². The molecular formula is C18H15Cl2IN4O2S. The fraction of sp³-hybridized carbons (Fsp3) is 0.167. The Morgan fingerprint density at radius 3 is 2.68 bits per heavy atom. The van der Waals surface area contributed by atoms with Crippen LogP contribution in [0.5, 0.6) is 5.75 Å². The molecule has 0 atom stereocenters. The number of aromatic nitrogens is 3. The number of halogens is 3. The Morgan fingerprint density at radius 1 is 1.21 bits per heavy atom. The van der Waals surface area contributed by atoms with E-state index >= 15 is 0 Å². The minimum absolute atomic E-state index is 0.111. The van der Waals surface area contributed by atoms with Crippen molar-refractivity contribution in [3.8, 4) is 5.75 Å². The summed E-state index contributed by atoms with van der Waals surface area (Å²) >= 11 is 15.5. The Labute approximate surface area is 190 Å². The van der Waals surface area contributed by atoms with Crippen LogP contribution in [0.25, 0.3) is 0 Å². The topological polar surface area (TPSA) is 69.0 Å². The van der Waals surface area contributed by atoms with Crippen LogP contribution in [0, 0.1) is 3.57 Å². The third-order valence-corrected chi connectivity index (χ3v) is 5.91. The van der Waals surface area contributed by atoms with E-state index in [1.807, 2.05) is 31.3 Å². The molecule has 1 amide bonds. The van der Waals surface area contributed by atoms with E-state index in [4.69, 9.17) is 27.9 Å². The first-order chi connectivity index (χ1) is 13.4. The molecule has 2 aromatic carbocycles. The van der Waals surface area contributed by atoms with Crippen LogP contribution in [-0.2, 0) is 18.4 Å². The average molecular weight is 549 g/mol. The highest BCUT2D eigenvalue weighted by molar-refractivity contribution is 14.1. The molecule has 0 saturated heterocycles. The number of hydrogen-bond acceptors (Lipinski definition) is 5. The molecule has 146 valence electrons. The molecule has 0 aliphatic carbocycles. The Kier molecular flexibility index (Phi) is 7.44. The fourth-order valence-corrected chi connectivity index (χ4v) is 3.74. The van der Waals surface area contributed by atoms with Crippen LogP contribution in [0.15, 0.2) is 47.6 Å². The number of nitrogens with one attached hydrogen (secondary N) is 1. The second-order valence-electron chi connectivity index (χ2n) is 5.66. The summed E-state index contributed by atoms with van der Waals surface area (Å²) in [5, 5.41) is 12.7. The molecule has 0 aliphatic rings. The van der Waals surface area contributed by atoms with Crippen molar-refractivity contribution >= 4 is 69.1 Å². The van der Waals surface area contributed by atoms with E-state index in [1.54, 1.807) is 22.8 Å². The van der Waals surface area contributed by atoms with Gasteiger partial charge in [-0.1, -0.05) is 35.0 Å². The van der Waals surface area contributed by atoms with Crippen LogP contribution >= 0.6 is 57.6 Å². The van der Waals surface area contributed by atoms with Gasteiger partial charge in [0.2, 0.25) is 5.91 Å². The monoisotopic (exact) mass is 548 g/mol. The molecule has 28 heavy (non-hydrogen) atoms. The number of amides is 1. The summed E-state index contributed by atoms with van der Waals surface area (Å²) in [4.78, 5) is 12.1. The summed E-state index contributed by atoms with van der Waals surface area (Å²) in [6.07, 6.45) is 0. The zero-order chi connectivity index (χ0) is 20.1. The summed E-state index contributed by atoms with van der Waals surface area (Å²) < 4.78 is 8.58. The Bertz CT molecular complexity index is 982. The summed E-state index contributed by atoms with van der Waals surface area (Å²) in [6, 6.07) is 12.6. The van der Waals surface area contributed by atoms with Crippen molar-refractivity contribution in [1.29, 1.82) is 0 Å². The van der Waals surface area contributed by atoms with Crippen LogP contribution in [0.4, 0.5) is 5.69 Å². The van der Waals surface area contributed by atoms with E-state index in [2.05, 4.69) is 38.1 Å². The van der Waals surface area contributed by atoms with Gasteiger partial charge in [-0.25, -0.2) is 0 Å². The lowest BCUT2D eigenvalue weighted by Gasteiger charge is -2.08. The Morgan fingerprint density at radius 2 is 1.96 bits per heavy atom. The lowest BCUT2D eigenvalue weighted by molar-refractivity contribution is -0.113. The minimum Gasteiger partial charge on any atom is -0.484 e. The van der Waals surface area contributed by atoms with Gasteiger partial charge in [0.15, 0.2) is 11.0 Å². The number of ether oxygens (including phenoxy) is 1. The van der Waals surface area contributed by atoms with E-state index in [-0.39, 0.29) is 18.3 Å². The molecule has 3 rings (SSSR count). The molecule has 0 saturated carbocycles. The number of nitrogens with zero attached hydrogens (tertiary/aromatic N) is 3. The van der Waals surface area contributed by atoms with Crippen molar-refractivity contribution in [2.24, 2.45) is 7.05 Å². The van der Waals surface area contributed by atoms with Crippen LogP contribution in [0.3, 0.4) is 0 Å². The maximum absolute atomic E-state index is 12.1. The van der Waals surface area contributed by atoms with Crippen LogP contribution in [0.2, 0.25) is 10.0 Å². The first-order valence-corrected chi connectivity index (χ1v) is 10.9. The van der Waals surface area contributed by atoms with Gasteiger partial charge in [-0.3, -0.25) is 4.79 Å². The number of carbonyl (C=O) groups excluding carboxylic acids is 1. The highest BCUT2D eigenvalue weighted by Crippen LogP contribution is 2.28. The lowest BCUT2D eigenvalue weighted by atomic mass is 10.3. The highest BCUT2D eigenvalue weighted by atomic mass is 127. The number of hydrogen-bond donors (Lipinski definition) is 1. The third-order valence-electron chi connectivity index (χ3n) is 3.64. The van der Waals surface area contributed by atoms with Crippen molar-refractivity contribution < 1.29 is 9.53 Å². The summed E-state index contributed by atoms with van der Waals surface area (Å²) in [7, 11) is 1.82. The van der Waals surface area contributed by atoms with Crippen molar-refractivity contribution in [2.75, 3.05) is 11.1 Å². The molecule has 0 spiro atoms. The SMILES string of the molecule is Cn1c(COc2ccc(Cl)cc2Cl)nnc1SCC(=O)Nc1ccc(I)cc1. The number of carbonyl (C=O) groups is 1. The Balaban J connectivity index is 1.54. The average Bonchev–Trinajstić information content (AvgIpc) is 3.01. The first kappa shape index (κ1) is 21.2. The molecule has 6 nitrogen and oxygen atoms in total. The molecule has 3 aromatic rings. The van der Waals surface area contributed by atoms with Crippen LogP contribution in [0.1, 0.15) is 5.82 Å². The van der Waals surface area contributed by atoms with Crippen LogP contribution < -0.4 is 10.1 Å². The standard InChI is InChI=1S/C18H15Cl2IN4O2S/c1-25-16(9-27-15-7-2-11(19)8-14(15)20)23-24-18(25)28-10-17(26)22-13-5-3-12(21)4-6-13/h2-8H,9-10H2,1H3,(H,22,26). The number of rotatable bonds is 7. The van der Waals surface area contributed by atoms with Crippen molar-refractivity contribution in [2.45, 2.75) is 11.8 Å². The number of thioether (sulfide) groups is 1. The predicted molar refractivity (Wildman–Crippen MR) is 120 cm³/mol. The predicted octanol–water partition coefficient (Wildman–Crippen LogP) is 5.04. The molecule has 0 fully saturated rings. The zero-order valence-corrected chi connectivity index (χ0v) is 19.1. The summed E-state index contributed by atoms with van der Waals surface area (Å²) in [5.74, 6) is 1.24. The number of anilines is 1. The highest BCUT2D eigenvalue weighted by Gasteiger charge is 2.13. The molecule has 0 radical (unpaired) electrons.